The predicted octanol–water partition coefficient (Wildman–Crippen LogP) is 1.20. The van der Waals surface area contributed by atoms with Crippen LogP contribution >= 0.6 is 11.6 Å². The van der Waals surface area contributed by atoms with E-state index in [-0.39, 0.29) is 21.8 Å². The fraction of sp³-hybridized carbons (Fsp3) is 0.0667. The van der Waals surface area contributed by atoms with E-state index in [9.17, 15) is 9.59 Å². The van der Waals surface area contributed by atoms with Gasteiger partial charge in [0.05, 0.1) is 13.3 Å². The maximum atomic E-state index is 11.7. The Bertz CT molecular complexity index is 1090. The number of ether oxygens (including phenoxy) is 1. The lowest BCUT2D eigenvalue weighted by Crippen LogP contribution is -2.23. The Kier molecular flexibility index (Phi) is 4.40. The normalized spacial score (nSPS) is 11.5. The second kappa shape index (κ2) is 6.65. The molecule has 25 heavy (non-hydrogen) atoms. The molecule has 2 heterocycles. The zero-order valence-corrected chi connectivity index (χ0v) is 13.6. The van der Waals surface area contributed by atoms with E-state index in [1.54, 1.807) is 18.2 Å². The number of nitrogens with two attached hydrogens (primary N) is 1. The van der Waals surface area contributed by atoms with Crippen LogP contribution in [0.25, 0.3) is 11.0 Å². The third-order valence-corrected chi connectivity index (χ3v) is 3.67. The molecule has 1 aromatic carbocycles. The third-order valence-electron chi connectivity index (χ3n) is 3.30. The zero-order chi connectivity index (χ0) is 18.0. The Morgan fingerprint density at radius 3 is 3.00 bits per heavy atom. The molecule has 9 nitrogen and oxygen atoms in total. The summed E-state index contributed by atoms with van der Waals surface area (Å²) in [5.41, 5.74) is 7.80. The van der Waals surface area contributed by atoms with E-state index in [1.165, 1.54) is 19.4 Å². The maximum Gasteiger partial charge on any atom is 0.285 e. The van der Waals surface area contributed by atoms with Gasteiger partial charge in [0.1, 0.15) is 16.3 Å². The van der Waals surface area contributed by atoms with Crippen LogP contribution in [-0.4, -0.2) is 23.2 Å². The molecule has 2 aromatic heterocycles. The third kappa shape index (κ3) is 3.17. The summed E-state index contributed by atoms with van der Waals surface area (Å²) < 4.78 is 10.9. The number of H-pyrrole nitrogens is 1. The van der Waals surface area contributed by atoms with Crippen LogP contribution in [0.5, 0.6) is 5.75 Å². The van der Waals surface area contributed by atoms with E-state index in [0.29, 0.717) is 16.7 Å². The van der Waals surface area contributed by atoms with E-state index < -0.39 is 11.5 Å². The molecule has 3 rings (SSSR count). The first-order valence-electron chi connectivity index (χ1n) is 6.95. The molecular weight excluding hydrogens is 350 g/mol. The lowest BCUT2D eigenvalue weighted by molar-refractivity contribution is 0.0996. The highest BCUT2D eigenvalue weighted by Gasteiger charge is 2.12. The minimum atomic E-state index is -0.732. The van der Waals surface area contributed by atoms with Gasteiger partial charge >= 0.3 is 0 Å². The highest BCUT2D eigenvalue weighted by molar-refractivity contribution is 6.32. The smallest absolute Gasteiger partial charge is 0.285 e. The van der Waals surface area contributed by atoms with Crippen LogP contribution in [0.1, 0.15) is 10.4 Å². The first kappa shape index (κ1) is 16.5. The first-order valence-corrected chi connectivity index (χ1v) is 7.32. The first-order chi connectivity index (χ1) is 12.0. The van der Waals surface area contributed by atoms with Gasteiger partial charge in [-0.1, -0.05) is 23.7 Å². The second-order valence-corrected chi connectivity index (χ2v) is 5.24. The van der Waals surface area contributed by atoms with Crippen molar-refractivity contribution in [2.45, 2.75) is 0 Å². The van der Waals surface area contributed by atoms with Gasteiger partial charge in [0.15, 0.2) is 11.3 Å². The number of hydrogen-bond donors (Lipinski definition) is 3. The average Bonchev–Trinajstić information content (AvgIpc) is 2.61. The summed E-state index contributed by atoms with van der Waals surface area (Å²) in [6, 6.07) is 6.72. The molecule has 128 valence electrons. The fourth-order valence-electron chi connectivity index (χ4n) is 2.12. The highest BCUT2D eigenvalue weighted by atomic mass is 35.5. The largest absolute Gasteiger partial charge is 0.493 e. The Labute approximate surface area is 145 Å². The molecule has 0 saturated carbocycles. The number of aromatic amines is 1. The summed E-state index contributed by atoms with van der Waals surface area (Å²) in [7, 11) is 1.49. The Hall–Kier alpha value is -3.33. The van der Waals surface area contributed by atoms with E-state index in [1.807, 2.05) is 0 Å². The van der Waals surface area contributed by atoms with E-state index in [4.69, 9.17) is 26.5 Å². The van der Waals surface area contributed by atoms with Gasteiger partial charge < -0.3 is 14.9 Å². The quantitative estimate of drug-likeness (QED) is 0.597. The van der Waals surface area contributed by atoms with Gasteiger partial charge in [-0.15, -0.1) is 5.10 Å². The van der Waals surface area contributed by atoms with Gasteiger partial charge in [-0.3, -0.25) is 15.0 Å². The van der Waals surface area contributed by atoms with Crippen LogP contribution in [0, 0.1) is 0 Å². The molecule has 0 bridgehead atoms. The Morgan fingerprint density at radius 1 is 1.48 bits per heavy atom. The average molecular weight is 362 g/mol. The summed E-state index contributed by atoms with van der Waals surface area (Å²) in [5.74, 6) is -0.273. The molecule has 10 heteroatoms. The summed E-state index contributed by atoms with van der Waals surface area (Å²) in [5, 5.41) is 10.2. The molecule has 0 aliphatic carbocycles. The standard InChI is InChI=1S/C15H12ClN5O4/c1-24-10-4-2-3-7-5-8(13(17)22)15(25-12(7)10)21-19-9-6-18-20-14(23)11(9)16/h2-6H,1H3,(H2,17,22)(H2,19,20,23)/b21-15+. The Balaban J connectivity index is 2.19. The minimum absolute atomic E-state index is 0.0437. The van der Waals surface area contributed by atoms with Gasteiger partial charge in [-0.25, -0.2) is 5.10 Å². The van der Waals surface area contributed by atoms with Crippen LogP contribution in [0.2, 0.25) is 5.02 Å². The molecule has 1 amide bonds. The number of primary amides is 1. The van der Waals surface area contributed by atoms with Crippen molar-refractivity contribution in [1.82, 2.24) is 10.2 Å². The molecule has 0 atom stereocenters. The summed E-state index contributed by atoms with van der Waals surface area (Å²) in [6.45, 7) is 0. The van der Waals surface area contributed by atoms with Crippen molar-refractivity contribution in [3.8, 4) is 5.75 Å². The van der Waals surface area contributed by atoms with E-state index >= 15 is 0 Å². The van der Waals surface area contributed by atoms with Crippen molar-refractivity contribution in [3.63, 3.8) is 0 Å². The molecule has 0 fully saturated rings. The number of halogens is 1. The number of para-hydroxylation sites is 1. The van der Waals surface area contributed by atoms with Crippen molar-refractivity contribution in [2.75, 3.05) is 12.5 Å². The maximum absolute atomic E-state index is 11.7. The number of carbonyl (C=O) groups excluding carboxylic acids is 1. The monoisotopic (exact) mass is 361 g/mol. The van der Waals surface area contributed by atoms with Crippen molar-refractivity contribution in [1.29, 1.82) is 0 Å². The molecule has 0 saturated heterocycles. The predicted molar refractivity (Wildman–Crippen MR) is 90.3 cm³/mol. The summed E-state index contributed by atoms with van der Waals surface area (Å²) >= 11 is 5.86. The number of nitrogens with zero attached hydrogens (tertiary/aromatic N) is 2. The molecule has 0 aliphatic rings. The number of fused-ring (bicyclic) bond motifs is 1. The topological polar surface area (TPSA) is 136 Å². The van der Waals surface area contributed by atoms with E-state index in [2.05, 4.69) is 20.7 Å². The molecule has 0 unspecified atom stereocenters. The van der Waals surface area contributed by atoms with Gasteiger partial charge in [-0.2, -0.15) is 5.10 Å². The summed E-state index contributed by atoms with van der Waals surface area (Å²) in [6.07, 6.45) is 1.26. The van der Waals surface area contributed by atoms with Crippen LogP contribution in [0.3, 0.4) is 0 Å². The molecule has 0 spiro atoms. The van der Waals surface area contributed by atoms with Crippen molar-refractivity contribution >= 4 is 34.2 Å². The number of amides is 1. The van der Waals surface area contributed by atoms with Crippen LogP contribution < -0.4 is 27.0 Å². The number of aromatic nitrogens is 2. The molecule has 0 aliphatic heterocycles. The second-order valence-electron chi connectivity index (χ2n) is 4.86. The highest BCUT2D eigenvalue weighted by Crippen LogP contribution is 2.24. The van der Waals surface area contributed by atoms with Gasteiger partial charge in [0.2, 0.25) is 5.55 Å². The molecular formula is C15H12ClN5O4. The summed E-state index contributed by atoms with van der Waals surface area (Å²) in [4.78, 5) is 23.1. The Morgan fingerprint density at radius 2 is 2.28 bits per heavy atom. The van der Waals surface area contributed by atoms with Crippen molar-refractivity contribution < 1.29 is 13.9 Å². The van der Waals surface area contributed by atoms with Crippen LogP contribution in [-0.2, 0) is 0 Å². The molecule has 4 N–H and O–H groups in total. The lowest BCUT2D eigenvalue weighted by atomic mass is 10.1. The van der Waals surface area contributed by atoms with E-state index in [0.717, 1.165) is 0 Å². The lowest BCUT2D eigenvalue weighted by Gasteiger charge is -2.06. The number of methoxy groups -OCH3 is 1. The number of anilines is 1. The molecule has 3 aromatic rings. The number of hydrogen-bond acceptors (Lipinski definition) is 7. The number of nitrogens with one attached hydrogen (secondary N) is 2. The number of carbonyl (C=O) groups is 1. The zero-order valence-electron chi connectivity index (χ0n) is 12.9. The number of rotatable bonds is 4. The van der Waals surface area contributed by atoms with Crippen LogP contribution in [0.4, 0.5) is 5.69 Å². The SMILES string of the molecule is COc1cccc2cc(C(N)=O)/c(=N\Nc3cn[nH]c(=O)c3Cl)oc12. The minimum Gasteiger partial charge on any atom is -0.493 e. The van der Waals surface area contributed by atoms with Crippen molar-refractivity contribution in [2.24, 2.45) is 10.8 Å². The number of benzene rings is 1. The fourth-order valence-corrected chi connectivity index (χ4v) is 2.25. The van der Waals surface area contributed by atoms with Gasteiger partial charge in [0, 0.05) is 5.39 Å². The van der Waals surface area contributed by atoms with Gasteiger partial charge in [0.25, 0.3) is 11.5 Å². The van der Waals surface area contributed by atoms with Gasteiger partial charge in [-0.05, 0) is 12.1 Å². The molecule has 0 radical (unpaired) electrons. The van der Waals surface area contributed by atoms with Crippen LogP contribution in [0.15, 0.2) is 44.8 Å². The van der Waals surface area contributed by atoms with Crippen molar-refractivity contribution in [3.05, 3.63) is 57.0 Å².